The molecule has 6 atom stereocenters. The number of hydrogen-bond donors (Lipinski definition) is 4. The number of fused-ring (bicyclic) bond motifs is 1. The first-order chi connectivity index (χ1) is 13.9. The van der Waals surface area contributed by atoms with Gasteiger partial charge in [0, 0.05) is 18.3 Å². The Kier molecular flexibility index (Phi) is 4.40. The fourth-order valence-electron chi connectivity index (χ4n) is 5.17. The molecule has 2 aliphatic carbocycles. The third-order valence-electron chi connectivity index (χ3n) is 7.42. The number of carbonyl (C=O) groups is 2. The number of carboxylic acids is 1. The normalized spacial score (nSPS) is 36.9. The SMILES string of the molecule is CN1C(=O)C(C)(C)[C@@](C)(c2cc(NC3C(O)CC4C(C(=O)O)C43)ccc2F)N=C1N. The van der Waals surface area contributed by atoms with Crippen LogP contribution in [-0.2, 0) is 15.1 Å². The number of amides is 1. The molecular formula is C21H27FN4O4. The summed E-state index contributed by atoms with van der Waals surface area (Å²) >= 11 is 0. The summed E-state index contributed by atoms with van der Waals surface area (Å²) in [7, 11) is 1.53. The van der Waals surface area contributed by atoms with Crippen LogP contribution in [-0.4, -0.2) is 52.1 Å². The molecule has 0 aromatic heterocycles. The van der Waals surface area contributed by atoms with Crippen LogP contribution in [0.3, 0.4) is 0 Å². The van der Waals surface area contributed by atoms with E-state index >= 15 is 0 Å². The molecule has 1 amide bonds. The van der Waals surface area contributed by atoms with E-state index < -0.39 is 40.8 Å². The summed E-state index contributed by atoms with van der Waals surface area (Å²) in [6, 6.07) is 3.97. The molecule has 1 aliphatic heterocycles. The number of anilines is 1. The summed E-state index contributed by atoms with van der Waals surface area (Å²) in [5.41, 5.74) is 4.36. The Hall–Kier alpha value is -2.68. The Balaban J connectivity index is 1.69. The molecular weight excluding hydrogens is 391 g/mol. The number of aliphatic carboxylic acids is 1. The summed E-state index contributed by atoms with van der Waals surface area (Å²) < 4.78 is 14.9. The molecule has 0 spiro atoms. The largest absolute Gasteiger partial charge is 0.481 e. The lowest BCUT2D eigenvalue weighted by atomic mass is 9.67. The first-order valence-corrected chi connectivity index (χ1v) is 10.0. The van der Waals surface area contributed by atoms with Crippen LogP contribution in [0.25, 0.3) is 0 Å². The average molecular weight is 418 g/mol. The van der Waals surface area contributed by atoms with Gasteiger partial charge in [-0.05, 0) is 57.2 Å². The van der Waals surface area contributed by atoms with Crippen molar-refractivity contribution in [3.8, 4) is 0 Å². The summed E-state index contributed by atoms with van der Waals surface area (Å²) in [5.74, 6) is -2.29. The molecule has 9 heteroatoms. The minimum Gasteiger partial charge on any atom is -0.481 e. The monoisotopic (exact) mass is 418 g/mol. The molecule has 1 aromatic carbocycles. The van der Waals surface area contributed by atoms with Crippen LogP contribution >= 0.6 is 0 Å². The van der Waals surface area contributed by atoms with Crippen molar-refractivity contribution in [2.75, 3.05) is 12.4 Å². The molecule has 2 fully saturated rings. The van der Waals surface area contributed by atoms with E-state index in [0.717, 1.165) is 0 Å². The number of nitrogens with two attached hydrogens (primary N) is 1. The molecule has 0 saturated heterocycles. The van der Waals surface area contributed by atoms with E-state index in [1.807, 2.05) is 0 Å². The summed E-state index contributed by atoms with van der Waals surface area (Å²) in [5, 5.41) is 22.9. The average Bonchev–Trinajstić information content (AvgIpc) is 3.29. The van der Waals surface area contributed by atoms with Gasteiger partial charge in [-0.25, -0.2) is 9.38 Å². The molecule has 162 valence electrons. The van der Waals surface area contributed by atoms with Gasteiger partial charge in [0.2, 0.25) is 5.91 Å². The smallest absolute Gasteiger partial charge is 0.307 e. The van der Waals surface area contributed by atoms with E-state index in [2.05, 4.69) is 10.3 Å². The highest BCUT2D eigenvalue weighted by Gasteiger charge is 2.65. The molecule has 0 bridgehead atoms. The molecule has 0 radical (unpaired) electrons. The number of guanidine groups is 1. The van der Waals surface area contributed by atoms with Gasteiger partial charge >= 0.3 is 5.97 Å². The lowest BCUT2D eigenvalue weighted by Gasteiger charge is -2.46. The summed E-state index contributed by atoms with van der Waals surface area (Å²) in [4.78, 5) is 30.0. The molecule has 3 aliphatic rings. The van der Waals surface area contributed by atoms with Crippen molar-refractivity contribution in [1.82, 2.24) is 4.90 Å². The third kappa shape index (κ3) is 2.71. The second kappa shape index (κ2) is 6.41. The fraction of sp³-hybridized carbons (Fsp3) is 0.571. The third-order valence-corrected chi connectivity index (χ3v) is 7.42. The number of nitrogens with one attached hydrogen (secondary N) is 1. The number of benzene rings is 1. The zero-order chi connectivity index (χ0) is 22.2. The first kappa shape index (κ1) is 20.6. The number of nitrogens with zero attached hydrogens (tertiary/aromatic N) is 2. The molecule has 8 nitrogen and oxygen atoms in total. The second-order valence-corrected chi connectivity index (χ2v) is 9.30. The Bertz CT molecular complexity index is 964. The predicted octanol–water partition coefficient (Wildman–Crippen LogP) is 1.35. The maximum absolute atomic E-state index is 14.9. The first-order valence-electron chi connectivity index (χ1n) is 10.0. The zero-order valence-electron chi connectivity index (χ0n) is 17.4. The summed E-state index contributed by atoms with van der Waals surface area (Å²) in [6.07, 6.45) is -0.241. The van der Waals surface area contributed by atoms with Crippen molar-refractivity contribution in [2.24, 2.45) is 33.9 Å². The topological polar surface area (TPSA) is 128 Å². The Morgan fingerprint density at radius 2 is 2.03 bits per heavy atom. The van der Waals surface area contributed by atoms with Gasteiger partial charge in [0.05, 0.1) is 23.5 Å². The molecule has 1 aromatic rings. The Labute approximate surface area is 174 Å². The van der Waals surface area contributed by atoms with E-state index in [1.54, 1.807) is 26.8 Å². The molecule has 5 N–H and O–H groups in total. The van der Waals surface area contributed by atoms with E-state index in [9.17, 15) is 24.2 Å². The van der Waals surface area contributed by atoms with E-state index in [0.29, 0.717) is 12.1 Å². The number of carbonyl (C=O) groups excluding carboxylic acids is 1. The number of aliphatic hydroxyl groups excluding tert-OH is 1. The van der Waals surface area contributed by atoms with Crippen LogP contribution in [0.4, 0.5) is 10.1 Å². The van der Waals surface area contributed by atoms with Crippen LogP contribution in [0.15, 0.2) is 23.2 Å². The standard InChI is InChI=1S/C21H27FN4O4/c1-20(2)18(30)26(4)19(23)25-21(20,3)11-7-9(5-6-12(11)22)24-16-13(27)8-10-14(16)15(10)17(28)29/h5-7,10,13-16,24,27H,8H2,1-4H3,(H2,23,25)(H,28,29)/t10?,13?,14?,15?,16?,21-/m1/s1. The zero-order valence-corrected chi connectivity index (χ0v) is 17.4. The molecule has 2 saturated carbocycles. The maximum Gasteiger partial charge on any atom is 0.307 e. The van der Waals surface area contributed by atoms with Gasteiger partial charge in [0.1, 0.15) is 11.4 Å². The molecule has 4 rings (SSSR count). The van der Waals surface area contributed by atoms with Crippen molar-refractivity contribution in [1.29, 1.82) is 0 Å². The number of halogens is 1. The minimum atomic E-state index is -1.25. The number of aliphatic hydroxyl groups is 1. The molecule has 5 unspecified atom stereocenters. The predicted molar refractivity (Wildman–Crippen MR) is 108 cm³/mol. The van der Waals surface area contributed by atoms with Gasteiger partial charge in [0.25, 0.3) is 0 Å². The van der Waals surface area contributed by atoms with Crippen LogP contribution in [0.1, 0.15) is 32.8 Å². The van der Waals surface area contributed by atoms with Crippen LogP contribution in [0.2, 0.25) is 0 Å². The van der Waals surface area contributed by atoms with Gasteiger partial charge in [-0.2, -0.15) is 0 Å². The lowest BCUT2D eigenvalue weighted by molar-refractivity contribution is -0.141. The van der Waals surface area contributed by atoms with Gasteiger partial charge in [0.15, 0.2) is 5.96 Å². The van der Waals surface area contributed by atoms with Crippen molar-refractivity contribution in [2.45, 2.75) is 44.9 Å². The quantitative estimate of drug-likeness (QED) is 0.584. The van der Waals surface area contributed by atoms with Crippen molar-refractivity contribution in [3.05, 3.63) is 29.6 Å². The fourth-order valence-corrected chi connectivity index (χ4v) is 5.17. The number of hydrogen-bond acceptors (Lipinski definition) is 6. The van der Waals surface area contributed by atoms with E-state index in [1.165, 1.54) is 24.1 Å². The molecule has 30 heavy (non-hydrogen) atoms. The van der Waals surface area contributed by atoms with Crippen LogP contribution in [0, 0.1) is 29.0 Å². The number of carboxylic acid groups (broad SMARTS) is 1. The molecule has 1 heterocycles. The van der Waals surface area contributed by atoms with E-state index in [4.69, 9.17) is 5.73 Å². The highest BCUT2D eigenvalue weighted by atomic mass is 19.1. The Morgan fingerprint density at radius 3 is 2.67 bits per heavy atom. The summed E-state index contributed by atoms with van der Waals surface area (Å²) in [6.45, 7) is 5.08. The highest BCUT2D eigenvalue weighted by molar-refractivity contribution is 6.01. The van der Waals surface area contributed by atoms with Crippen LogP contribution in [0.5, 0.6) is 0 Å². The van der Waals surface area contributed by atoms with Crippen LogP contribution < -0.4 is 11.1 Å². The van der Waals surface area contributed by atoms with Gasteiger partial charge in [-0.15, -0.1) is 0 Å². The van der Waals surface area contributed by atoms with Gasteiger partial charge in [-0.1, -0.05) is 0 Å². The second-order valence-electron chi connectivity index (χ2n) is 9.30. The Morgan fingerprint density at radius 1 is 1.37 bits per heavy atom. The highest BCUT2D eigenvalue weighted by Crippen LogP contribution is 2.58. The number of rotatable bonds is 4. The van der Waals surface area contributed by atoms with E-state index in [-0.39, 0.29) is 29.3 Å². The number of aliphatic imine (C=N–C) groups is 1. The lowest BCUT2D eigenvalue weighted by Crippen LogP contribution is -2.58. The van der Waals surface area contributed by atoms with Gasteiger partial charge in [-0.3, -0.25) is 14.5 Å². The minimum absolute atomic E-state index is 0.0101. The maximum atomic E-state index is 14.9. The van der Waals surface area contributed by atoms with Crippen molar-refractivity contribution < 1.29 is 24.2 Å². The van der Waals surface area contributed by atoms with Crippen molar-refractivity contribution in [3.63, 3.8) is 0 Å². The van der Waals surface area contributed by atoms with Crippen molar-refractivity contribution >= 4 is 23.5 Å². The van der Waals surface area contributed by atoms with Gasteiger partial charge < -0.3 is 21.3 Å².